The molecular weight excluding hydrogens is 298 g/mol. The molecule has 3 aromatic rings. The number of nitrogens with one attached hydrogen (secondary N) is 1. The third-order valence-electron chi connectivity index (χ3n) is 3.16. The number of carbonyl (C=O) groups is 1. The molecule has 2 aromatic heterocycles. The fourth-order valence-corrected chi connectivity index (χ4v) is 2.80. The number of anilines is 2. The van der Waals surface area contributed by atoms with Gasteiger partial charge in [0.25, 0.3) is 0 Å². The van der Waals surface area contributed by atoms with Crippen LogP contribution in [0.2, 0.25) is 0 Å². The van der Waals surface area contributed by atoms with Crippen molar-refractivity contribution in [3.8, 4) is 11.3 Å². The van der Waals surface area contributed by atoms with Gasteiger partial charge in [-0.2, -0.15) is 0 Å². The molecule has 0 aliphatic heterocycles. The van der Waals surface area contributed by atoms with Gasteiger partial charge in [0.2, 0.25) is 0 Å². The van der Waals surface area contributed by atoms with Crippen LogP contribution >= 0.6 is 11.3 Å². The number of rotatable bonds is 4. The SMILES string of the molecule is Cc1cc(-c2csc(Nc3ccccn3)n2)ccc1C(=O)O. The van der Waals surface area contributed by atoms with Crippen LogP contribution in [0.15, 0.2) is 48.0 Å². The Kier molecular flexibility index (Phi) is 3.84. The van der Waals surface area contributed by atoms with Gasteiger partial charge in [-0.25, -0.2) is 14.8 Å². The van der Waals surface area contributed by atoms with Crippen LogP contribution in [-0.2, 0) is 0 Å². The number of aryl methyl sites for hydroxylation is 1. The number of carboxylic acids is 1. The van der Waals surface area contributed by atoms with Crippen molar-refractivity contribution in [3.05, 3.63) is 59.1 Å². The third-order valence-corrected chi connectivity index (χ3v) is 3.91. The van der Waals surface area contributed by atoms with E-state index in [-0.39, 0.29) is 0 Å². The lowest BCUT2D eigenvalue weighted by Crippen LogP contribution is -1.99. The standard InChI is InChI=1S/C16H13N3O2S/c1-10-8-11(5-6-12(10)15(20)21)13-9-22-16(18-13)19-14-4-2-3-7-17-14/h2-9H,1H3,(H,20,21)(H,17,18,19). The largest absolute Gasteiger partial charge is 0.478 e. The second-order valence-electron chi connectivity index (χ2n) is 4.71. The van der Waals surface area contributed by atoms with Crippen LogP contribution in [0, 0.1) is 6.92 Å². The van der Waals surface area contributed by atoms with Crippen LogP contribution in [-0.4, -0.2) is 21.0 Å². The molecular formula is C16H13N3O2S. The summed E-state index contributed by atoms with van der Waals surface area (Å²) < 4.78 is 0. The van der Waals surface area contributed by atoms with Gasteiger partial charge in [-0.05, 0) is 36.8 Å². The highest BCUT2D eigenvalue weighted by Crippen LogP contribution is 2.27. The maximum absolute atomic E-state index is 11.0. The van der Waals surface area contributed by atoms with E-state index in [0.29, 0.717) is 5.56 Å². The monoisotopic (exact) mass is 311 g/mol. The highest BCUT2D eigenvalue weighted by Gasteiger charge is 2.10. The number of benzene rings is 1. The Morgan fingerprint density at radius 2 is 2.14 bits per heavy atom. The fraction of sp³-hybridized carbons (Fsp3) is 0.0625. The Hall–Kier alpha value is -2.73. The molecule has 0 aliphatic rings. The first-order valence-electron chi connectivity index (χ1n) is 6.61. The number of aromatic nitrogens is 2. The van der Waals surface area contributed by atoms with Crippen LogP contribution in [0.1, 0.15) is 15.9 Å². The number of pyridine rings is 1. The maximum atomic E-state index is 11.0. The first-order valence-corrected chi connectivity index (χ1v) is 7.49. The molecule has 0 unspecified atom stereocenters. The van der Waals surface area contributed by atoms with Gasteiger partial charge in [-0.3, -0.25) is 0 Å². The number of thiazole rings is 1. The minimum absolute atomic E-state index is 0.311. The molecule has 6 heteroatoms. The first-order chi connectivity index (χ1) is 10.6. The van der Waals surface area contributed by atoms with E-state index < -0.39 is 5.97 Å². The summed E-state index contributed by atoms with van der Waals surface area (Å²) in [5.41, 5.74) is 2.74. The van der Waals surface area contributed by atoms with E-state index in [0.717, 1.165) is 27.8 Å². The lowest BCUT2D eigenvalue weighted by Gasteiger charge is -2.03. The van der Waals surface area contributed by atoms with Crippen LogP contribution in [0.5, 0.6) is 0 Å². The fourth-order valence-electron chi connectivity index (χ4n) is 2.07. The summed E-state index contributed by atoms with van der Waals surface area (Å²) in [7, 11) is 0. The van der Waals surface area contributed by atoms with E-state index in [1.165, 1.54) is 11.3 Å². The van der Waals surface area contributed by atoms with Crippen LogP contribution in [0.3, 0.4) is 0 Å². The van der Waals surface area contributed by atoms with Crippen molar-refractivity contribution >= 4 is 28.3 Å². The molecule has 110 valence electrons. The highest BCUT2D eigenvalue weighted by atomic mass is 32.1. The maximum Gasteiger partial charge on any atom is 0.335 e. The molecule has 0 saturated carbocycles. The molecule has 3 rings (SSSR count). The summed E-state index contributed by atoms with van der Waals surface area (Å²) in [5, 5.41) is 14.9. The van der Waals surface area contributed by atoms with Gasteiger partial charge >= 0.3 is 5.97 Å². The van der Waals surface area contributed by atoms with E-state index in [4.69, 9.17) is 5.11 Å². The van der Waals surface area contributed by atoms with Gasteiger partial charge in [0, 0.05) is 17.1 Å². The Balaban J connectivity index is 1.85. The van der Waals surface area contributed by atoms with Crippen LogP contribution in [0.4, 0.5) is 10.9 Å². The molecule has 5 nitrogen and oxygen atoms in total. The predicted octanol–water partition coefficient (Wildman–Crippen LogP) is 3.96. The summed E-state index contributed by atoms with van der Waals surface area (Å²) in [4.78, 5) is 19.7. The van der Waals surface area contributed by atoms with E-state index in [9.17, 15) is 4.79 Å². The molecule has 0 atom stereocenters. The van der Waals surface area contributed by atoms with E-state index in [2.05, 4.69) is 15.3 Å². The van der Waals surface area contributed by atoms with Gasteiger partial charge in [-0.1, -0.05) is 12.1 Å². The van der Waals surface area contributed by atoms with Crippen molar-refractivity contribution in [2.75, 3.05) is 5.32 Å². The molecule has 0 fully saturated rings. The molecule has 0 saturated heterocycles. The van der Waals surface area contributed by atoms with Crippen molar-refractivity contribution < 1.29 is 9.90 Å². The average Bonchev–Trinajstić information content (AvgIpc) is 2.96. The quantitative estimate of drug-likeness (QED) is 0.763. The van der Waals surface area contributed by atoms with E-state index in [1.54, 1.807) is 25.3 Å². The van der Waals surface area contributed by atoms with Gasteiger partial charge < -0.3 is 10.4 Å². The summed E-state index contributed by atoms with van der Waals surface area (Å²) in [6.45, 7) is 1.78. The van der Waals surface area contributed by atoms with Crippen molar-refractivity contribution in [2.45, 2.75) is 6.92 Å². The molecule has 2 N–H and O–H groups in total. The second-order valence-corrected chi connectivity index (χ2v) is 5.57. The summed E-state index contributed by atoms with van der Waals surface area (Å²) in [5.74, 6) is -0.180. The number of aromatic carboxylic acids is 1. The molecule has 0 spiro atoms. The zero-order valence-electron chi connectivity index (χ0n) is 11.8. The lowest BCUT2D eigenvalue weighted by atomic mass is 10.0. The minimum atomic E-state index is -0.917. The van der Waals surface area contributed by atoms with E-state index in [1.807, 2.05) is 29.6 Å². The normalized spacial score (nSPS) is 10.4. The average molecular weight is 311 g/mol. The molecule has 0 radical (unpaired) electrons. The molecule has 1 aromatic carbocycles. The Bertz CT molecular complexity index is 815. The third kappa shape index (κ3) is 2.96. The van der Waals surface area contributed by atoms with Crippen molar-refractivity contribution in [2.24, 2.45) is 0 Å². The smallest absolute Gasteiger partial charge is 0.335 e. The molecule has 0 aliphatic carbocycles. The van der Waals surface area contributed by atoms with Gasteiger partial charge in [0.05, 0.1) is 11.3 Å². The Labute approximate surface area is 131 Å². The predicted molar refractivity (Wildman–Crippen MR) is 86.8 cm³/mol. The van der Waals surface area contributed by atoms with E-state index >= 15 is 0 Å². The molecule has 22 heavy (non-hydrogen) atoms. The second kappa shape index (κ2) is 5.95. The highest BCUT2D eigenvalue weighted by molar-refractivity contribution is 7.14. The molecule has 2 heterocycles. The van der Waals surface area contributed by atoms with Gasteiger partial charge in [0.15, 0.2) is 5.13 Å². The van der Waals surface area contributed by atoms with Crippen LogP contribution in [0.25, 0.3) is 11.3 Å². The minimum Gasteiger partial charge on any atom is -0.478 e. The zero-order chi connectivity index (χ0) is 15.5. The summed E-state index contributed by atoms with van der Waals surface area (Å²) in [6, 6.07) is 10.8. The summed E-state index contributed by atoms with van der Waals surface area (Å²) in [6.07, 6.45) is 1.71. The lowest BCUT2D eigenvalue weighted by molar-refractivity contribution is 0.0696. The van der Waals surface area contributed by atoms with Crippen molar-refractivity contribution in [3.63, 3.8) is 0 Å². The van der Waals surface area contributed by atoms with Crippen molar-refractivity contribution in [1.82, 2.24) is 9.97 Å². The molecule has 0 bridgehead atoms. The number of hydrogen-bond acceptors (Lipinski definition) is 5. The Morgan fingerprint density at radius 1 is 1.27 bits per heavy atom. The van der Waals surface area contributed by atoms with Gasteiger partial charge in [-0.15, -0.1) is 11.3 Å². The number of carboxylic acid groups (broad SMARTS) is 1. The summed E-state index contributed by atoms with van der Waals surface area (Å²) >= 11 is 1.48. The number of hydrogen-bond donors (Lipinski definition) is 2. The number of nitrogens with zero attached hydrogens (tertiary/aromatic N) is 2. The Morgan fingerprint density at radius 3 is 2.82 bits per heavy atom. The van der Waals surface area contributed by atoms with Crippen molar-refractivity contribution in [1.29, 1.82) is 0 Å². The molecule has 0 amide bonds. The first kappa shape index (κ1) is 14.2. The van der Waals surface area contributed by atoms with Crippen LogP contribution < -0.4 is 5.32 Å². The zero-order valence-corrected chi connectivity index (χ0v) is 12.6. The topological polar surface area (TPSA) is 75.1 Å². The van der Waals surface area contributed by atoms with Gasteiger partial charge in [0.1, 0.15) is 5.82 Å².